The van der Waals surface area contributed by atoms with Crippen LogP contribution in [0.1, 0.15) is 108 Å². The number of ether oxygens (including phenoxy) is 6. The van der Waals surface area contributed by atoms with Gasteiger partial charge in [0.15, 0.2) is 18.4 Å². The normalized spacial score (nSPS) is 43.6. The highest BCUT2D eigenvalue weighted by Gasteiger charge is 2.52. The minimum atomic E-state index is -1.65. The van der Waals surface area contributed by atoms with E-state index in [-0.39, 0.29) is 42.8 Å². The molecule has 290 valence electrons. The van der Waals surface area contributed by atoms with Crippen molar-refractivity contribution in [2.75, 3.05) is 14.2 Å². The molecule has 0 aliphatic carbocycles. The molecule has 0 unspecified atom stereocenters. The van der Waals surface area contributed by atoms with E-state index in [1.165, 1.54) is 7.11 Å². The van der Waals surface area contributed by atoms with Crippen molar-refractivity contribution in [2.24, 2.45) is 23.2 Å². The highest BCUT2D eigenvalue weighted by molar-refractivity contribution is 5.97. The number of aliphatic hydroxyl groups excluding tert-OH is 3. The standard InChI is InChI=1S/C38H67NO11/c1-14-38(15-2)33(43)30(41)22(5)29(40)20(3)18-36(9,10)34(49-27-17-26(39-12)16-21(4)46-27)23(6)31(24(7)35(44)50-38)48-28-19-37(11,45-13)32(42)25(8)47-28/h20-21,23-28,30-34,39,41-43H,5,14-19H2,1-4,6-13H3/t20-,21-,23+,24-,25+,26+,27+,28+,30-,31+,32+,33+,34-,37-/m1/s1. The van der Waals surface area contributed by atoms with Crippen LogP contribution >= 0.6 is 0 Å². The van der Waals surface area contributed by atoms with Crippen molar-refractivity contribution in [2.45, 2.75) is 180 Å². The van der Waals surface area contributed by atoms with Crippen LogP contribution in [0.25, 0.3) is 0 Å². The molecule has 0 saturated carbocycles. The van der Waals surface area contributed by atoms with Gasteiger partial charge in [0.2, 0.25) is 0 Å². The Morgan fingerprint density at radius 2 is 1.52 bits per heavy atom. The molecule has 14 atom stereocenters. The molecule has 3 fully saturated rings. The summed E-state index contributed by atoms with van der Waals surface area (Å²) in [6.07, 6.45) is -5.45. The topological polar surface area (TPSA) is 162 Å². The molecule has 12 nitrogen and oxygen atoms in total. The fraction of sp³-hybridized carbons (Fsp3) is 0.895. The molecule has 0 spiro atoms. The molecule has 3 saturated heterocycles. The van der Waals surface area contributed by atoms with Crippen LogP contribution in [0.4, 0.5) is 0 Å². The molecule has 12 heteroatoms. The van der Waals surface area contributed by atoms with Crippen LogP contribution in [0.3, 0.4) is 0 Å². The zero-order chi connectivity index (χ0) is 37.9. The van der Waals surface area contributed by atoms with Crippen LogP contribution in [-0.2, 0) is 38.0 Å². The van der Waals surface area contributed by atoms with Gasteiger partial charge in [-0.05, 0) is 65.8 Å². The molecule has 0 amide bonds. The van der Waals surface area contributed by atoms with Gasteiger partial charge in [-0.25, -0.2) is 0 Å². The van der Waals surface area contributed by atoms with E-state index in [2.05, 4.69) is 11.9 Å². The minimum Gasteiger partial charge on any atom is -0.456 e. The van der Waals surface area contributed by atoms with Crippen LogP contribution < -0.4 is 5.32 Å². The van der Waals surface area contributed by atoms with Gasteiger partial charge >= 0.3 is 5.97 Å². The maximum atomic E-state index is 14.3. The number of hydrogen-bond donors (Lipinski definition) is 4. The van der Waals surface area contributed by atoms with Crippen molar-refractivity contribution >= 4 is 11.8 Å². The number of carbonyl (C=O) groups excluding carboxylic acids is 2. The molecule has 3 aliphatic rings. The molecule has 0 bridgehead atoms. The summed E-state index contributed by atoms with van der Waals surface area (Å²) in [5.74, 6) is -3.04. The largest absolute Gasteiger partial charge is 0.456 e. The summed E-state index contributed by atoms with van der Waals surface area (Å²) in [5, 5.41) is 37.1. The summed E-state index contributed by atoms with van der Waals surface area (Å²) < 4.78 is 38.1. The van der Waals surface area contributed by atoms with Gasteiger partial charge in [0.25, 0.3) is 0 Å². The summed E-state index contributed by atoms with van der Waals surface area (Å²) in [7, 11) is 3.45. The van der Waals surface area contributed by atoms with Gasteiger partial charge in [-0.1, -0.05) is 48.1 Å². The molecule has 0 aromatic rings. The molecule has 3 aliphatic heterocycles. The first-order valence-corrected chi connectivity index (χ1v) is 18.5. The molecular formula is C38H67NO11. The lowest BCUT2D eigenvalue weighted by Gasteiger charge is -2.49. The summed E-state index contributed by atoms with van der Waals surface area (Å²) >= 11 is 0. The second kappa shape index (κ2) is 17.1. The van der Waals surface area contributed by atoms with E-state index in [4.69, 9.17) is 28.4 Å². The van der Waals surface area contributed by atoms with Crippen LogP contribution in [0.2, 0.25) is 0 Å². The molecule has 0 radical (unpaired) electrons. The number of aliphatic hydroxyl groups is 3. The van der Waals surface area contributed by atoms with E-state index in [9.17, 15) is 24.9 Å². The lowest BCUT2D eigenvalue weighted by molar-refractivity contribution is -0.305. The zero-order valence-corrected chi connectivity index (χ0v) is 32.6. The zero-order valence-electron chi connectivity index (χ0n) is 32.6. The number of rotatable bonds is 8. The number of nitrogens with one attached hydrogen (secondary N) is 1. The van der Waals surface area contributed by atoms with Crippen molar-refractivity contribution in [3.05, 3.63) is 12.2 Å². The Kier molecular flexibility index (Phi) is 14.7. The van der Waals surface area contributed by atoms with Crippen molar-refractivity contribution in [3.63, 3.8) is 0 Å². The number of carbonyl (C=O) groups is 2. The highest BCUT2D eigenvalue weighted by Crippen LogP contribution is 2.43. The Morgan fingerprint density at radius 3 is 2.08 bits per heavy atom. The van der Waals surface area contributed by atoms with Crippen LogP contribution in [0.5, 0.6) is 0 Å². The Hall–Kier alpha value is -1.48. The number of cyclic esters (lactones) is 1. The van der Waals surface area contributed by atoms with E-state index in [0.29, 0.717) is 12.8 Å². The molecule has 50 heavy (non-hydrogen) atoms. The molecular weight excluding hydrogens is 646 g/mol. The van der Waals surface area contributed by atoms with Gasteiger partial charge in [-0.3, -0.25) is 9.59 Å². The van der Waals surface area contributed by atoms with Crippen molar-refractivity contribution in [1.82, 2.24) is 5.32 Å². The molecule has 3 heterocycles. The van der Waals surface area contributed by atoms with Gasteiger partial charge in [0, 0.05) is 43.4 Å². The summed E-state index contributed by atoms with van der Waals surface area (Å²) in [6, 6.07) is 0.171. The van der Waals surface area contributed by atoms with Crippen molar-refractivity contribution in [1.29, 1.82) is 0 Å². The first-order chi connectivity index (χ1) is 23.2. The van der Waals surface area contributed by atoms with Gasteiger partial charge in [0.05, 0.1) is 35.9 Å². The molecule has 0 aromatic heterocycles. The third-order valence-corrected chi connectivity index (χ3v) is 11.9. The van der Waals surface area contributed by atoms with Crippen LogP contribution in [0, 0.1) is 23.2 Å². The van der Waals surface area contributed by atoms with Crippen molar-refractivity contribution < 1.29 is 53.3 Å². The molecule has 3 rings (SSSR count). The number of ketones is 1. The Bertz CT molecular complexity index is 1160. The predicted molar refractivity (Wildman–Crippen MR) is 188 cm³/mol. The Morgan fingerprint density at radius 1 is 0.900 bits per heavy atom. The fourth-order valence-corrected chi connectivity index (χ4v) is 8.48. The summed E-state index contributed by atoms with van der Waals surface area (Å²) in [6.45, 7) is 22.5. The van der Waals surface area contributed by atoms with Crippen LogP contribution in [-0.4, -0.2) is 114 Å². The van der Waals surface area contributed by atoms with Gasteiger partial charge in [-0.2, -0.15) is 0 Å². The predicted octanol–water partition coefficient (Wildman–Crippen LogP) is 4.06. The first-order valence-electron chi connectivity index (χ1n) is 18.5. The number of esters is 1. The van der Waals surface area contributed by atoms with E-state index in [1.54, 1.807) is 41.5 Å². The van der Waals surface area contributed by atoms with Gasteiger partial charge in [0.1, 0.15) is 23.9 Å². The number of Topliss-reactive ketones (excluding diaryl/α,β-unsaturated/α-hetero) is 1. The lowest BCUT2D eigenvalue weighted by Crippen LogP contribution is -2.58. The highest BCUT2D eigenvalue weighted by atomic mass is 16.7. The maximum absolute atomic E-state index is 14.3. The summed E-state index contributed by atoms with van der Waals surface area (Å²) in [5.41, 5.74) is -3.32. The number of hydrogen-bond acceptors (Lipinski definition) is 12. The Balaban J connectivity index is 2.18. The second-order valence-corrected chi connectivity index (χ2v) is 16.1. The quantitative estimate of drug-likeness (QED) is 0.211. The second-order valence-electron chi connectivity index (χ2n) is 16.1. The van der Waals surface area contributed by atoms with E-state index in [1.807, 2.05) is 34.7 Å². The van der Waals surface area contributed by atoms with Gasteiger partial charge < -0.3 is 49.1 Å². The molecule has 0 aromatic carbocycles. The fourth-order valence-electron chi connectivity index (χ4n) is 8.48. The van der Waals surface area contributed by atoms with Crippen molar-refractivity contribution in [3.8, 4) is 0 Å². The average Bonchev–Trinajstić information content (AvgIpc) is 3.07. The Labute approximate surface area is 299 Å². The smallest absolute Gasteiger partial charge is 0.311 e. The summed E-state index contributed by atoms with van der Waals surface area (Å²) in [4.78, 5) is 28.1. The monoisotopic (exact) mass is 713 g/mol. The third-order valence-electron chi connectivity index (χ3n) is 11.9. The average molecular weight is 714 g/mol. The molecule has 4 N–H and O–H groups in total. The SMILES string of the molecule is C=C1C(=O)[C@H](C)CC(C)(C)[C@H](O[C@H]2C[C@@H](NC)C[C@@H](C)O2)[C@@H](C)[C@H](O[C@H]2C[C@@](C)(OC)[C@@H](O)[C@H](C)O2)[C@@H](C)C(=O)OC(CC)(CC)[C@@H](O)[C@@H]1O. The maximum Gasteiger partial charge on any atom is 0.311 e. The van der Waals surface area contributed by atoms with E-state index < -0.39 is 89.5 Å². The number of methoxy groups -OCH3 is 1. The van der Waals surface area contributed by atoms with E-state index >= 15 is 0 Å². The van der Waals surface area contributed by atoms with Gasteiger partial charge in [-0.15, -0.1) is 0 Å². The first kappa shape index (κ1) is 42.9. The van der Waals surface area contributed by atoms with E-state index in [0.717, 1.165) is 6.42 Å². The minimum absolute atomic E-state index is 0.0627. The third kappa shape index (κ3) is 9.17. The van der Waals surface area contributed by atoms with Crippen LogP contribution in [0.15, 0.2) is 12.2 Å². The lowest BCUT2D eigenvalue weighted by atomic mass is 9.70.